The first-order valence-electron chi connectivity index (χ1n) is 5.97. The van der Waals surface area contributed by atoms with Crippen LogP contribution in [0.25, 0.3) is 0 Å². The normalized spacial score (nSPS) is 10.3. The Morgan fingerprint density at radius 3 is 2.74 bits per heavy atom. The molecule has 2 rings (SSSR count). The Bertz CT molecular complexity index is 611. The van der Waals surface area contributed by atoms with Crippen molar-refractivity contribution in [1.82, 2.24) is 0 Å². The van der Waals surface area contributed by atoms with Crippen LogP contribution in [-0.2, 0) is 6.54 Å². The van der Waals surface area contributed by atoms with Crippen molar-refractivity contribution in [3.63, 3.8) is 0 Å². The molecule has 0 unspecified atom stereocenters. The maximum Gasteiger partial charge on any atom is 0.258 e. The number of halogens is 1. The summed E-state index contributed by atoms with van der Waals surface area (Å²) < 4.78 is 13.6. The number of hydrogen-bond acceptors (Lipinski definition) is 2. The molecule has 0 aliphatic carbocycles. The van der Waals surface area contributed by atoms with Crippen molar-refractivity contribution in [1.29, 1.82) is 0 Å². The van der Waals surface area contributed by atoms with Crippen LogP contribution in [0.2, 0.25) is 0 Å². The zero-order valence-electron chi connectivity index (χ0n) is 10.6. The van der Waals surface area contributed by atoms with Gasteiger partial charge in [0.2, 0.25) is 0 Å². The van der Waals surface area contributed by atoms with Gasteiger partial charge in [0.15, 0.2) is 0 Å². The molecule has 0 atom stereocenters. The molecule has 2 aromatic carbocycles. The number of para-hydroxylation sites is 1. The van der Waals surface area contributed by atoms with Gasteiger partial charge in [-0.2, -0.15) is 0 Å². The fraction of sp³-hybridized carbons (Fsp3) is 0.133. The summed E-state index contributed by atoms with van der Waals surface area (Å²) in [5.41, 5.74) is 7.88. The fourth-order valence-electron chi connectivity index (χ4n) is 1.82. The number of carbonyl (C=O) groups is 1. The molecule has 0 bridgehead atoms. The van der Waals surface area contributed by atoms with Gasteiger partial charge < -0.3 is 11.1 Å². The van der Waals surface area contributed by atoms with E-state index in [1.54, 1.807) is 18.2 Å². The topological polar surface area (TPSA) is 55.1 Å². The molecular weight excluding hydrogens is 243 g/mol. The van der Waals surface area contributed by atoms with Gasteiger partial charge in [-0.3, -0.25) is 4.79 Å². The number of nitrogens with one attached hydrogen (secondary N) is 1. The van der Waals surface area contributed by atoms with Crippen LogP contribution in [-0.4, -0.2) is 5.91 Å². The third-order valence-electron chi connectivity index (χ3n) is 2.85. The number of rotatable bonds is 3. The molecule has 0 saturated carbocycles. The molecule has 2 aromatic rings. The molecule has 98 valence electrons. The van der Waals surface area contributed by atoms with Crippen molar-refractivity contribution in [2.24, 2.45) is 5.73 Å². The lowest BCUT2D eigenvalue weighted by atomic mass is 10.1. The molecule has 0 aromatic heterocycles. The molecular formula is C15H15FN2O. The smallest absolute Gasteiger partial charge is 0.258 e. The number of anilines is 1. The third-order valence-corrected chi connectivity index (χ3v) is 2.85. The number of hydrogen-bond donors (Lipinski definition) is 2. The van der Waals surface area contributed by atoms with Crippen LogP contribution >= 0.6 is 0 Å². The van der Waals surface area contributed by atoms with Gasteiger partial charge in [0.25, 0.3) is 5.91 Å². The summed E-state index contributed by atoms with van der Waals surface area (Å²) in [7, 11) is 0. The monoisotopic (exact) mass is 258 g/mol. The van der Waals surface area contributed by atoms with E-state index in [0.717, 1.165) is 11.1 Å². The van der Waals surface area contributed by atoms with Crippen LogP contribution in [0, 0.1) is 12.7 Å². The van der Waals surface area contributed by atoms with Crippen molar-refractivity contribution in [3.8, 4) is 0 Å². The Labute approximate surface area is 111 Å². The van der Waals surface area contributed by atoms with Gasteiger partial charge in [-0.25, -0.2) is 4.39 Å². The molecule has 4 heteroatoms. The average Bonchev–Trinajstić information content (AvgIpc) is 2.42. The molecule has 0 spiro atoms. The minimum absolute atomic E-state index is 0.0341. The summed E-state index contributed by atoms with van der Waals surface area (Å²) in [5.74, 6) is -1.00. The third kappa shape index (κ3) is 2.98. The summed E-state index contributed by atoms with van der Waals surface area (Å²) >= 11 is 0. The molecule has 0 fully saturated rings. The number of benzene rings is 2. The zero-order chi connectivity index (χ0) is 13.8. The van der Waals surface area contributed by atoms with Crippen molar-refractivity contribution in [2.75, 3.05) is 5.32 Å². The quantitative estimate of drug-likeness (QED) is 0.889. The first-order valence-corrected chi connectivity index (χ1v) is 5.97. The Morgan fingerprint density at radius 2 is 2.00 bits per heavy atom. The van der Waals surface area contributed by atoms with Gasteiger partial charge in [-0.15, -0.1) is 0 Å². The maximum atomic E-state index is 13.6. The second-order valence-electron chi connectivity index (χ2n) is 4.30. The summed E-state index contributed by atoms with van der Waals surface area (Å²) in [5, 5.41) is 2.69. The van der Waals surface area contributed by atoms with Gasteiger partial charge in [0.1, 0.15) is 5.82 Å². The van der Waals surface area contributed by atoms with Crippen LogP contribution in [0.1, 0.15) is 21.5 Å². The number of nitrogens with two attached hydrogens (primary N) is 1. The molecule has 19 heavy (non-hydrogen) atoms. The molecule has 0 aliphatic rings. The predicted octanol–water partition coefficient (Wildman–Crippen LogP) is 2.85. The second kappa shape index (κ2) is 5.63. The molecule has 0 heterocycles. The van der Waals surface area contributed by atoms with E-state index < -0.39 is 11.7 Å². The van der Waals surface area contributed by atoms with E-state index >= 15 is 0 Å². The first kappa shape index (κ1) is 13.2. The second-order valence-corrected chi connectivity index (χ2v) is 4.30. The number of carbonyl (C=O) groups excluding carboxylic acids is 1. The van der Waals surface area contributed by atoms with E-state index in [1.165, 1.54) is 12.1 Å². The summed E-state index contributed by atoms with van der Waals surface area (Å²) in [6.45, 7) is 2.12. The number of amides is 1. The summed E-state index contributed by atoms with van der Waals surface area (Å²) in [6, 6.07) is 11.6. The predicted molar refractivity (Wildman–Crippen MR) is 73.4 cm³/mol. The van der Waals surface area contributed by atoms with Crippen LogP contribution in [0.4, 0.5) is 10.1 Å². The van der Waals surface area contributed by atoms with Crippen molar-refractivity contribution >= 4 is 11.6 Å². The van der Waals surface area contributed by atoms with E-state index in [2.05, 4.69) is 5.32 Å². The van der Waals surface area contributed by atoms with Gasteiger partial charge in [0.05, 0.1) is 5.56 Å². The van der Waals surface area contributed by atoms with Crippen LogP contribution in [0.3, 0.4) is 0 Å². The van der Waals surface area contributed by atoms with E-state index in [-0.39, 0.29) is 5.56 Å². The molecule has 3 nitrogen and oxygen atoms in total. The first-order chi connectivity index (χ1) is 9.11. The lowest BCUT2D eigenvalue weighted by Gasteiger charge is -2.10. The summed E-state index contributed by atoms with van der Waals surface area (Å²) in [4.78, 5) is 12.1. The standard InChI is InChI=1S/C15H15FN2O/c1-10-6-7-13(16)12(8-10)15(19)18-14-5-3-2-4-11(14)9-17/h2-8H,9,17H2,1H3,(H,18,19). The van der Waals surface area contributed by atoms with E-state index in [9.17, 15) is 9.18 Å². The lowest BCUT2D eigenvalue weighted by molar-refractivity contribution is 0.102. The minimum Gasteiger partial charge on any atom is -0.326 e. The maximum absolute atomic E-state index is 13.6. The Kier molecular flexibility index (Phi) is 3.92. The molecule has 0 saturated heterocycles. The molecule has 0 radical (unpaired) electrons. The lowest BCUT2D eigenvalue weighted by Crippen LogP contribution is -2.16. The van der Waals surface area contributed by atoms with E-state index in [1.807, 2.05) is 19.1 Å². The van der Waals surface area contributed by atoms with Crippen LogP contribution in [0.15, 0.2) is 42.5 Å². The van der Waals surface area contributed by atoms with Crippen LogP contribution in [0.5, 0.6) is 0 Å². The minimum atomic E-state index is -0.534. The van der Waals surface area contributed by atoms with Gasteiger partial charge >= 0.3 is 0 Å². The van der Waals surface area contributed by atoms with Crippen LogP contribution < -0.4 is 11.1 Å². The fourth-order valence-corrected chi connectivity index (χ4v) is 1.82. The van der Waals surface area contributed by atoms with Gasteiger partial charge in [-0.05, 0) is 30.7 Å². The summed E-state index contributed by atoms with van der Waals surface area (Å²) in [6.07, 6.45) is 0. The molecule has 0 aliphatic heterocycles. The van der Waals surface area contributed by atoms with E-state index in [0.29, 0.717) is 12.2 Å². The van der Waals surface area contributed by atoms with Gasteiger partial charge in [-0.1, -0.05) is 29.8 Å². The molecule has 1 amide bonds. The van der Waals surface area contributed by atoms with Gasteiger partial charge in [0, 0.05) is 12.2 Å². The largest absolute Gasteiger partial charge is 0.326 e. The highest BCUT2D eigenvalue weighted by Gasteiger charge is 2.13. The van der Waals surface area contributed by atoms with Crippen molar-refractivity contribution in [3.05, 3.63) is 65.0 Å². The highest BCUT2D eigenvalue weighted by Crippen LogP contribution is 2.17. The highest BCUT2D eigenvalue weighted by atomic mass is 19.1. The Morgan fingerprint density at radius 1 is 1.26 bits per heavy atom. The zero-order valence-corrected chi connectivity index (χ0v) is 10.6. The molecule has 3 N–H and O–H groups in total. The van der Waals surface area contributed by atoms with Crippen molar-refractivity contribution < 1.29 is 9.18 Å². The average molecular weight is 258 g/mol. The van der Waals surface area contributed by atoms with Crippen molar-refractivity contribution in [2.45, 2.75) is 13.5 Å². The SMILES string of the molecule is Cc1ccc(F)c(C(=O)Nc2ccccc2CN)c1. The van der Waals surface area contributed by atoms with E-state index in [4.69, 9.17) is 5.73 Å². The Hall–Kier alpha value is -2.20. The number of aryl methyl sites for hydroxylation is 1. The Balaban J connectivity index is 2.28. The highest BCUT2D eigenvalue weighted by molar-refractivity contribution is 6.04.